The molecule has 2 aliphatic heterocycles. The van der Waals surface area contributed by atoms with Gasteiger partial charge in [-0.05, 0) is 25.5 Å². The Kier molecular flexibility index (Phi) is 2.63. The van der Waals surface area contributed by atoms with Crippen LogP contribution in [0.3, 0.4) is 0 Å². The van der Waals surface area contributed by atoms with E-state index in [4.69, 9.17) is 4.74 Å². The Balaban J connectivity index is 1.96. The minimum atomic E-state index is -0.00653. The first kappa shape index (κ1) is 8.85. The molecule has 2 unspecified atom stereocenters. The van der Waals surface area contributed by atoms with Crippen LogP contribution in [0.15, 0.2) is 0 Å². The van der Waals surface area contributed by atoms with Gasteiger partial charge in [0.1, 0.15) is 5.72 Å². The van der Waals surface area contributed by atoms with Crippen LogP contribution in [0, 0.1) is 5.92 Å². The first-order chi connectivity index (χ1) is 5.81. The van der Waals surface area contributed by atoms with E-state index in [1.165, 1.54) is 24.3 Å². The molecule has 0 spiro atoms. The lowest BCUT2D eigenvalue weighted by Gasteiger charge is -2.35. The molecule has 2 fully saturated rings. The quantitative estimate of drug-likeness (QED) is 0.671. The molecule has 2 heterocycles. The Labute approximate surface area is 78.4 Å². The van der Waals surface area contributed by atoms with Crippen molar-refractivity contribution in [3.05, 3.63) is 0 Å². The van der Waals surface area contributed by atoms with Crippen molar-refractivity contribution in [2.45, 2.75) is 25.5 Å². The van der Waals surface area contributed by atoms with E-state index in [0.717, 1.165) is 19.1 Å². The molecule has 12 heavy (non-hydrogen) atoms. The highest BCUT2D eigenvalue weighted by Gasteiger charge is 2.38. The summed E-state index contributed by atoms with van der Waals surface area (Å²) in [5.41, 5.74) is -0.00653. The normalized spacial score (nSPS) is 43.2. The van der Waals surface area contributed by atoms with Gasteiger partial charge >= 0.3 is 0 Å². The molecular weight excluding hydrogens is 170 g/mol. The number of ether oxygens (including phenoxy) is 1. The summed E-state index contributed by atoms with van der Waals surface area (Å²) in [4.78, 5) is 0. The van der Waals surface area contributed by atoms with Gasteiger partial charge in [0.2, 0.25) is 0 Å². The van der Waals surface area contributed by atoms with Crippen molar-refractivity contribution < 1.29 is 4.74 Å². The van der Waals surface area contributed by atoms with Crippen LogP contribution < -0.4 is 5.32 Å². The maximum atomic E-state index is 5.76. The molecule has 0 aliphatic carbocycles. The van der Waals surface area contributed by atoms with Gasteiger partial charge in [0.15, 0.2) is 0 Å². The van der Waals surface area contributed by atoms with Gasteiger partial charge in [0.05, 0.1) is 6.61 Å². The van der Waals surface area contributed by atoms with Crippen molar-refractivity contribution in [1.82, 2.24) is 5.32 Å². The smallest absolute Gasteiger partial charge is 0.120 e. The molecule has 2 aliphatic rings. The number of hydrogen-bond acceptors (Lipinski definition) is 3. The van der Waals surface area contributed by atoms with Gasteiger partial charge in [-0.25, -0.2) is 0 Å². The molecule has 2 saturated heterocycles. The zero-order valence-electron chi connectivity index (χ0n) is 7.64. The average molecular weight is 187 g/mol. The summed E-state index contributed by atoms with van der Waals surface area (Å²) in [6, 6.07) is 0. The predicted octanol–water partition coefficient (Wildman–Crippen LogP) is 1.47. The predicted molar refractivity (Wildman–Crippen MR) is 52.4 cm³/mol. The fraction of sp³-hybridized carbons (Fsp3) is 1.00. The molecule has 2 rings (SSSR count). The standard InChI is InChI=1S/C9H17NOS/c1-9(10-4-5-11-9)8-3-2-6-12-7-8/h8,10H,2-7H2,1H3. The van der Waals surface area contributed by atoms with Crippen LogP contribution in [0.2, 0.25) is 0 Å². The highest BCUT2D eigenvalue weighted by atomic mass is 32.2. The number of rotatable bonds is 1. The van der Waals surface area contributed by atoms with Gasteiger partial charge < -0.3 is 4.74 Å². The summed E-state index contributed by atoms with van der Waals surface area (Å²) in [6.45, 7) is 4.12. The maximum absolute atomic E-state index is 5.76. The Hall–Kier alpha value is 0.270. The van der Waals surface area contributed by atoms with Crippen molar-refractivity contribution in [3.63, 3.8) is 0 Å². The molecule has 0 aromatic heterocycles. The van der Waals surface area contributed by atoms with Crippen molar-refractivity contribution >= 4 is 11.8 Å². The minimum absolute atomic E-state index is 0.00653. The number of nitrogens with one attached hydrogen (secondary N) is 1. The van der Waals surface area contributed by atoms with E-state index in [-0.39, 0.29) is 5.72 Å². The fourth-order valence-corrected chi connectivity index (χ4v) is 3.36. The summed E-state index contributed by atoms with van der Waals surface area (Å²) in [7, 11) is 0. The molecule has 0 saturated carbocycles. The lowest BCUT2D eigenvalue weighted by atomic mass is 9.94. The summed E-state index contributed by atoms with van der Waals surface area (Å²) in [5, 5.41) is 3.47. The third-order valence-corrected chi connectivity index (χ3v) is 4.13. The molecule has 70 valence electrons. The third-order valence-electron chi connectivity index (χ3n) is 2.92. The van der Waals surface area contributed by atoms with E-state index >= 15 is 0 Å². The highest BCUT2D eigenvalue weighted by Crippen LogP contribution is 2.33. The van der Waals surface area contributed by atoms with Crippen LogP contribution >= 0.6 is 11.8 Å². The van der Waals surface area contributed by atoms with Crippen LogP contribution in [-0.4, -0.2) is 30.4 Å². The van der Waals surface area contributed by atoms with Crippen LogP contribution in [0.1, 0.15) is 19.8 Å². The van der Waals surface area contributed by atoms with E-state index < -0.39 is 0 Å². The summed E-state index contributed by atoms with van der Waals surface area (Å²) < 4.78 is 5.76. The second-order valence-corrected chi connectivity index (χ2v) is 4.95. The summed E-state index contributed by atoms with van der Waals surface area (Å²) >= 11 is 2.07. The molecular formula is C9H17NOS. The first-order valence-electron chi connectivity index (χ1n) is 4.78. The topological polar surface area (TPSA) is 21.3 Å². The van der Waals surface area contributed by atoms with Crippen molar-refractivity contribution in [1.29, 1.82) is 0 Å². The fourth-order valence-electron chi connectivity index (χ4n) is 2.05. The van der Waals surface area contributed by atoms with Crippen LogP contribution in [-0.2, 0) is 4.74 Å². The van der Waals surface area contributed by atoms with Gasteiger partial charge in [0.25, 0.3) is 0 Å². The second kappa shape index (κ2) is 3.56. The highest BCUT2D eigenvalue weighted by molar-refractivity contribution is 7.99. The zero-order valence-corrected chi connectivity index (χ0v) is 8.45. The third kappa shape index (κ3) is 1.63. The Morgan fingerprint density at radius 3 is 3.08 bits per heavy atom. The molecule has 0 aromatic rings. The van der Waals surface area contributed by atoms with Crippen molar-refractivity contribution in [2.24, 2.45) is 5.92 Å². The lowest BCUT2D eigenvalue weighted by Crippen LogP contribution is -2.47. The number of thioether (sulfide) groups is 1. The van der Waals surface area contributed by atoms with E-state index in [1.54, 1.807) is 0 Å². The van der Waals surface area contributed by atoms with E-state index in [9.17, 15) is 0 Å². The minimum Gasteiger partial charge on any atom is -0.359 e. The largest absolute Gasteiger partial charge is 0.359 e. The molecule has 0 aromatic carbocycles. The van der Waals surface area contributed by atoms with Gasteiger partial charge in [-0.2, -0.15) is 11.8 Å². The van der Waals surface area contributed by atoms with Gasteiger partial charge in [-0.15, -0.1) is 0 Å². The second-order valence-electron chi connectivity index (χ2n) is 3.80. The average Bonchev–Trinajstić information content (AvgIpc) is 2.55. The molecule has 2 nitrogen and oxygen atoms in total. The van der Waals surface area contributed by atoms with Gasteiger partial charge in [0, 0.05) is 18.2 Å². The molecule has 1 N–H and O–H groups in total. The summed E-state index contributed by atoms with van der Waals surface area (Å²) in [5.74, 6) is 3.33. The first-order valence-corrected chi connectivity index (χ1v) is 5.93. The maximum Gasteiger partial charge on any atom is 0.120 e. The Bertz CT molecular complexity index is 151. The van der Waals surface area contributed by atoms with Crippen LogP contribution in [0.25, 0.3) is 0 Å². The zero-order chi connectivity index (χ0) is 8.44. The van der Waals surface area contributed by atoms with E-state index in [1.807, 2.05) is 0 Å². The monoisotopic (exact) mass is 187 g/mol. The van der Waals surface area contributed by atoms with Gasteiger partial charge in [-0.3, -0.25) is 5.32 Å². The van der Waals surface area contributed by atoms with Crippen molar-refractivity contribution in [2.75, 3.05) is 24.7 Å². The molecule has 0 amide bonds. The van der Waals surface area contributed by atoms with E-state index in [0.29, 0.717) is 0 Å². The summed E-state index contributed by atoms with van der Waals surface area (Å²) in [6.07, 6.45) is 2.69. The van der Waals surface area contributed by atoms with Crippen molar-refractivity contribution in [3.8, 4) is 0 Å². The molecule has 2 atom stereocenters. The van der Waals surface area contributed by atoms with Gasteiger partial charge in [-0.1, -0.05) is 0 Å². The van der Waals surface area contributed by atoms with Crippen LogP contribution in [0.4, 0.5) is 0 Å². The SMILES string of the molecule is CC1(C2CCCSC2)NCCO1. The molecule has 0 radical (unpaired) electrons. The Morgan fingerprint density at radius 1 is 1.58 bits per heavy atom. The lowest BCUT2D eigenvalue weighted by molar-refractivity contribution is -0.0389. The van der Waals surface area contributed by atoms with E-state index in [2.05, 4.69) is 24.0 Å². The molecule has 0 bridgehead atoms. The molecule has 3 heteroatoms. The number of hydrogen-bond donors (Lipinski definition) is 1. The Morgan fingerprint density at radius 2 is 2.50 bits per heavy atom. The van der Waals surface area contributed by atoms with Crippen LogP contribution in [0.5, 0.6) is 0 Å².